The zero-order valence-corrected chi connectivity index (χ0v) is 17.3. The fourth-order valence-corrected chi connectivity index (χ4v) is 5.06. The number of aromatic nitrogens is 3. The van der Waals surface area contributed by atoms with Gasteiger partial charge in [-0.25, -0.2) is 4.39 Å². The van der Waals surface area contributed by atoms with E-state index in [-0.39, 0.29) is 29.4 Å². The Morgan fingerprint density at radius 2 is 2.07 bits per heavy atom. The van der Waals surface area contributed by atoms with E-state index in [4.69, 9.17) is 9.47 Å². The van der Waals surface area contributed by atoms with Crippen molar-refractivity contribution in [1.82, 2.24) is 19.9 Å². The molecule has 2 aromatic rings. The maximum Gasteiger partial charge on any atom is 0.319 e. The molecule has 0 saturated carbocycles. The Morgan fingerprint density at radius 1 is 1.27 bits per heavy atom. The number of pyridine rings is 1. The molecule has 1 N–H and O–H groups in total. The highest BCUT2D eigenvalue weighted by molar-refractivity contribution is 5.89. The zero-order valence-electron chi connectivity index (χ0n) is 17.3. The molecule has 0 bridgehead atoms. The third-order valence-corrected chi connectivity index (χ3v) is 6.65. The van der Waals surface area contributed by atoms with Crippen LogP contribution in [0.25, 0.3) is 10.9 Å². The molecule has 162 valence electrons. The second-order valence-electron chi connectivity index (χ2n) is 8.63. The van der Waals surface area contributed by atoms with Crippen LogP contribution >= 0.6 is 0 Å². The molecule has 0 amide bonds. The van der Waals surface area contributed by atoms with Crippen LogP contribution in [0.3, 0.4) is 0 Å². The van der Waals surface area contributed by atoms with E-state index in [1.165, 1.54) is 12.8 Å². The summed E-state index contributed by atoms with van der Waals surface area (Å²) >= 11 is 0. The molecule has 2 aromatic heterocycles. The largest absolute Gasteiger partial charge is 0.461 e. The van der Waals surface area contributed by atoms with Crippen molar-refractivity contribution in [2.24, 2.45) is 0 Å². The van der Waals surface area contributed by atoms with Gasteiger partial charge in [0.1, 0.15) is 17.9 Å². The number of aliphatic hydroxyl groups is 1. The van der Waals surface area contributed by atoms with E-state index in [1.54, 1.807) is 13.1 Å². The van der Waals surface area contributed by atoms with Crippen LogP contribution in [-0.4, -0.2) is 82.6 Å². The average Bonchev–Trinajstić information content (AvgIpc) is 3.24. The Morgan fingerprint density at radius 3 is 2.87 bits per heavy atom. The summed E-state index contributed by atoms with van der Waals surface area (Å²) in [6, 6.07) is 0.176. The third kappa shape index (κ3) is 3.48. The topological polar surface area (TPSA) is 83.8 Å². The van der Waals surface area contributed by atoms with Gasteiger partial charge >= 0.3 is 6.01 Å². The monoisotopic (exact) mass is 417 g/mol. The number of rotatable bonds is 4. The number of β-amino-alcohol motifs (C(OH)–C–C–N with tert-alkyl or cyclic N) is 1. The number of halogens is 1. The molecule has 5 heterocycles. The van der Waals surface area contributed by atoms with E-state index in [1.807, 2.05) is 4.90 Å². The Bertz CT molecular complexity index is 932. The van der Waals surface area contributed by atoms with Gasteiger partial charge in [-0.05, 0) is 45.7 Å². The van der Waals surface area contributed by atoms with Gasteiger partial charge in [0, 0.05) is 19.3 Å². The molecular formula is C21H28FN5O3. The van der Waals surface area contributed by atoms with E-state index in [2.05, 4.69) is 19.9 Å². The van der Waals surface area contributed by atoms with E-state index in [9.17, 15) is 9.50 Å². The van der Waals surface area contributed by atoms with Crippen molar-refractivity contribution in [3.05, 3.63) is 17.7 Å². The fourth-order valence-electron chi connectivity index (χ4n) is 5.06. The van der Waals surface area contributed by atoms with Crippen LogP contribution in [0.4, 0.5) is 10.2 Å². The molecule has 1 unspecified atom stereocenters. The second kappa shape index (κ2) is 7.86. The molecular weight excluding hydrogens is 389 g/mol. The standard InChI is InChI=1S/C21H28FN5O3/c1-14-17(22)18-16(10-23-14)19(26-8-9-29-12-15(28)11-26)25-20(24-18)30-13-21-4-2-6-27(21)7-3-5-21/h10,15,28H,2-9,11-13H2,1H3. The molecule has 3 fully saturated rings. The molecule has 30 heavy (non-hydrogen) atoms. The average molecular weight is 417 g/mol. The van der Waals surface area contributed by atoms with Crippen LogP contribution in [0, 0.1) is 12.7 Å². The smallest absolute Gasteiger partial charge is 0.319 e. The number of aliphatic hydroxyl groups excluding tert-OH is 1. The third-order valence-electron chi connectivity index (χ3n) is 6.65. The quantitative estimate of drug-likeness (QED) is 0.805. The van der Waals surface area contributed by atoms with Gasteiger partial charge < -0.3 is 19.5 Å². The lowest BCUT2D eigenvalue weighted by molar-refractivity contribution is 0.0597. The highest BCUT2D eigenvalue weighted by Gasteiger charge is 2.45. The molecule has 9 heteroatoms. The number of fused-ring (bicyclic) bond motifs is 2. The minimum Gasteiger partial charge on any atom is -0.461 e. The van der Waals surface area contributed by atoms with Crippen LogP contribution in [0.15, 0.2) is 6.20 Å². The van der Waals surface area contributed by atoms with Gasteiger partial charge in [-0.3, -0.25) is 9.88 Å². The van der Waals surface area contributed by atoms with Gasteiger partial charge in [0.2, 0.25) is 0 Å². The molecule has 0 spiro atoms. The fraction of sp³-hybridized carbons (Fsp3) is 0.667. The van der Waals surface area contributed by atoms with E-state index < -0.39 is 11.9 Å². The number of nitrogens with zero attached hydrogens (tertiary/aromatic N) is 5. The molecule has 8 nitrogen and oxygen atoms in total. The van der Waals surface area contributed by atoms with E-state index in [0.717, 1.165) is 25.9 Å². The Balaban J connectivity index is 1.51. The first-order valence-electron chi connectivity index (χ1n) is 10.8. The highest BCUT2D eigenvalue weighted by atomic mass is 19.1. The van der Waals surface area contributed by atoms with Crippen LogP contribution in [-0.2, 0) is 4.74 Å². The van der Waals surface area contributed by atoms with Crippen LogP contribution in [0.5, 0.6) is 6.01 Å². The van der Waals surface area contributed by atoms with Gasteiger partial charge in [-0.1, -0.05) is 0 Å². The number of anilines is 1. The minimum atomic E-state index is -0.644. The van der Waals surface area contributed by atoms with E-state index >= 15 is 0 Å². The SMILES string of the molecule is Cc1ncc2c(N3CCOCC(O)C3)nc(OCC34CCCN3CCC4)nc2c1F. The minimum absolute atomic E-state index is 0.0534. The Hall–Kier alpha value is -2.10. The summed E-state index contributed by atoms with van der Waals surface area (Å²) in [7, 11) is 0. The maximum atomic E-state index is 14.9. The molecule has 3 saturated heterocycles. The summed E-state index contributed by atoms with van der Waals surface area (Å²) in [6.07, 6.45) is 5.53. The molecule has 3 aliphatic heterocycles. The zero-order chi connectivity index (χ0) is 20.7. The highest BCUT2D eigenvalue weighted by Crippen LogP contribution is 2.39. The number of ether oxygens (including phenoxy) is 2. The van der Waals surface area contributed by atoms with Gasteiger partial charge in [0.25, 0.3) is 0 Å². The lowest BCUT2D eigenvalue weighted by atomic mass is 9.95. The van der Waals surface area contributed by atoms with Gasteiger partial charge in [-0.15, -0.1) is 0 Å². The lowest BCUT2D eigenvalue weighted by Crippen LogP contribution is -2.43. The van der Waals surface area contributed by atoms with Gasteiger partial charge in [-0.2, -0.15) is 9.97 Å². The molecule has 1 atom stereocenters. The molecule has 0 radical (unpaired) electrons. The number of aryl methyl sites for hydroxylation is 1. The summed E-state index contributed by atoms with van der Waals surface area (Å²) < 4.78 is 26.5. The lowest BCUT2D eigenvalue weighted by Gasteiger charge is -2.31. The summed E-state index contributed by atoms with van der Waals surface area (Å²) in [5, 5.41) is 10.7. The Kier molecular flexibility index (Phi) is 5.20. The molecule has 0 aliphatic carbocycles. The predicted molar refractivity (Wildman–Crippen MR) is 109 cm³/mol. The summed E-state index contributed by atoms with van der Waals surface area (Å²) in [6.45, 7) is 5.96. The van der Waals surface area contributed by atoms with Crippen LogP contribution in [0.1, 0.15) is 31.4 Å². The molecule has 3 aliphatic rings. The van der Waals surface area contributed by atoms with Crippen molar-refractivity contribution in [3.8, 4) is 6.01 Å². The number of hydrogen-bond donors (Lipinski definition) is 1. The van der Waals surface area contributed by atoms with Crippen LogP contribution < -0.4 is 9.64 Å². The summed E-state index contributed by atoms with van der Waals surface area (Å²) in [5.74, 6) is 0.0623. The van der Waals surface area contributed by atoms with Crippen molar-refractivity contribution < 1.29 is 19.0 Å². The first kappa shape index (κ1) is 19.8. The van der Waals surface area contributed by atoms with Gasteiger partial charge in [0.15, 0.2) is 5.82 Å². The predicted octanol–water partition coefficient (Wildman–Crippen LogP) is 1.68. The second-order valence-corrected chi connectivity index (χ2v) is 8.63. The number of hydrogen-bond acceptors (Lipinski definition) is 8. The van der Waals surface area contributed by atoms with Crippen molar-refractivity contribution in [2.45, 2.75) is 44.2 Å². The normalized spacial score (nSPS) is 24.2. The van der Waals surface area contributed by atoms with Crippen molar-refractivity contribution in [3.63, 3.8) is 0 Å². The maximum absolute atomic E-state index is 14.9. The van der Waals surface area contributed by atoms with Crippen molar-refractivity contribution in [1.29, 1.82) is 0 Å². The van der Waals surface area contributed by atoms with Crippen LogP contribution in [0.2, 0.25) is 0 Å². The Labute approximate surface area is 175 Å². The first-order valence-corrected chi connectivity index (χ1v) is 10.8. The first-order chi connectivity index (χ1) is 14.6. The summed E-state index contributed by atoms with van der Waals surface area (Å²) in [4.78, 5) is 17.6. The van der Waals surface area contributed by atoms with Crippen molar-refractivity contribution >= 4 is 16.7 Å². The van der Waals surface area contributed by atoms with Gasteiger partial charge in [0.05, 0.1) is 35.9 Å². The van der Waals surface area contributed by atoms with Crippen molar-refractivity contribution in [2.75, 3.05) is 50.9 Å². The summed E-state index contributed by atoms with van der Waals surface area (Å²) in [5.41, 5.74) is 0.542. The molecule has 5 rings (SSSR count). The van der Waals surface area contributed by atoms with E-state index in [0.29, 0.717) is 37.5 Å². The molecule has 0 aromatic carbocycles.